The van der Waals surface area contributed by atoms with E-state index in [0.717, 1.165) is 95.8 Å². The number of amides is 4. The molecule has 2 heterocycles. The monoisotopic (exact) mass is 820 g/mol. The highest BCUT2D eigenvalue weighted by Crippen LogP contribution is 2.47. The second-order valence-electron chi connectivity index (χ2n) is 14.8. The van der Waals surface area contributed by atoms with Gasteiger partial charge in [0.1, 0.15) is 13.2 Å². The molecule has 6 aromatic rings. The van der Waals surface area contributed by atoms with Crippen LogP contribution >= 0.6 is 22.7 Å². The number of thiophene rings is 2. The van der Waals surface area contributed by atoms with E-state index in [2.05, 4.69) is 70.2 Å². The van der Waals surface area contributed by atoms with E-state index < -0.39 is 24.0 Å². The summed E-state index contributed by atoms with van der Waals surface area (Å²) in [5.74, 6) is -1.06. The van der Waals surface area contributed by atoms with E-state index in [0.29, 0.717) is 9.75 Å². The summed E-state index contributed by atoms with van der Waals surface area (Å²) < 4.78 is 11.2. The molecule has 296 valence electrons. The molecule has 0 aliphatic heterocycles. The number of carbonyl (C=O) groups excluding carboxylic acids is 4. The number of rotatable bonds is 8. The number of hydrazine groups is 2. The van der Waals surface area contributed by atoms with Crippen LogP contribution in [0.15, 0.2) is 109 Å². The number of nitrogens with one attached hydrogen (secondary N) is 4. The lowest BCUT2D eigenvalue weighted by atomic mass is 9.97. The van der Waals surface area contributed by atoms with Gasteiger partial charge >= 0.3 is 12.2 Å². The number of ether oxygens (including phenoxy) is 2. The van der Waals surface area contributed by atoms with Gasteiger partial charge in [-0.15, -0.1) is 22.7 Å². The van der Waals surface area contributed by atoms with Gasteiger partial charge in [-0.05, 0) is 112 Å². The third-order valence-electron chi connectivity index (χ3n) is 11.4. The second-order valence-corrected chi connectivity index (χ2v) is 17.3. The molecule has 0 radical (unpaired) electrons. The Morgan fingerprint density at radius 1 is 0.508 bits per heavy atom. The molecule has 4 amide bonds. The maximum absolute atomic E-state index is 13.2. The third-order valence-corrected chi connectivity index (χ3v) is 13.5. The van der Waals surface area contributed by atoms with Crippen molar-refractivity contribution < 1.29 is 28.7 Å². The van der Waals surface area contributed by atoms with Crippen molar-refractivity contribution in [2.45, 2.75) is 44.9 Å². The van der Waals surface area contributed by atoms with E-state index in [9.17, 15) is 19.2 Å². The minimum absolute atomic E-state index is 0.0940. The number of hydrogen-bond acceptors (Lipinski definition) is 8. The van der Waals surface area contributed by atoms with Crippen LogP contribution in [-0.2, 0) is 9.47 Å². The van der Waals surface area contributed by atoms with Crippen molar-refractivity contribution in [2.24, 2.45) is 0 Å². The number of hydrogen-bond donors (Lipinski definition) is 4. The summed E-state index contributed by atoms with van der Waals surface area (Å²) in [4.78, 5) is 54.8. The molecule has 3 aliphatic carbocycles. The predicted molar refractivity (Wildman–Crippen MR) is 230 cm³/mol. The molecule has 0 atom stereocenters. The van der Waals surface area contributed by atoms with Crippen molar-refractivity contribution in [3.63, 3.8) is 0 Å². The largest absolute Gasteiger partial charge is 0.447 e. The summed E-state index contributed by atoms with van der Waals surface area (Å²) in [7, 11) is 0. The summed E-state index contributed by atoms with van der Waals surface area (Å²) in [6, 6.07) is 36.2. The Kier molecular flexibility index (Phi) is 10.3. The van der Waals surface area contributed by atoms with E-state index in [1.807, 2.05) is 74.5 Å². The van der Waals surface area contributed by atoms with Crippen LogP contribution in [0.2, 0.25) is 0 Å². The standard InChI is InChI=1S/C47H40N4O6S2/c1-26-38(22-42(58-26)44(52)48-50-46(54)56-24-40-34-16-7-3-12-28(34)29-13-4-8-17-35(29)40)32-20-11-21-33(32)39-23-43(59-27(39)2)45(53)49-51-47(55)57-25-41-36-18-9-5-14-30(36)31-15-6-10-19-37(31)41/h3-10,12-19,22-23,40-41H,11,20-21,24-25H2,1-2H3,(H,48,52)(H,49,53)(H,50,54)(H,51,55). The number of aryl methyl sites for hydroxylation is 2. The maximum Gasteiger partial charge on any atom is 0.426 e. The average molecular weight is 821 g/mol. The lowest BCUT2D eigenvalue weighted by Gasteiger charge is -2.14. The third kappa shape index (κ3) is 7.30. The van der Waals surface area contributed by atoms with Crippen molar-refractivity contribution in [3.8, 4) is 22.3 Å². The topological polar surface area (TPSA) is 135 Å². The molecule has 0 saturated heterocycles. The number of carbonyl (C=O) groups is 4. The smallest absolute Gasteiger partial charge is 0.426 e. The Bertz CT molecular complexity index is 2420. The van der Waals surface area contributed by atoms with Gasteiger partial charge in [0.2, 0.25) is 0 Å². The van der Waals surface area contributed by atoms with E-state index in [4.69, 9.17) is 9.47 Å². The molecule has 0 spiro atoms. The number of allylic oxidation sites excluding steroid dienone is 2. The molecule has 10 nitrogen and oxygen atoms in total. The van der Waals surface area contributed by atoms with E-state index in [1.54, 1.807) is 0 Å². The molecule has 3 aliphatic rings. The molecule has 9 rings (SSSR count). The summed E-state index contributed by atoms with van der Waals surface area (Å²) in [6.45, 7) is 4.23. The minimum atomic E-state index is -0.740. The average Bonchev–Trinajstić information content (AvgIpc) is 4.09. The zero-order valence-corrected chi connectivity index (χ0v) is 34.0. The van der Waals surface area contributed by atoms with E-state index in [1.165, 1.54) is 22.7 Å². The predicted octanol–water partition coefficient (Wildman–Crippen LogP) is 9.89. The first-order valence-corrected chi connectivity index (χ1v) is 21.1. The van der Waals surface area contributed by atoms with E-state index in [-0.39, 0.29) is 25.0 Å². The number of benzene rings is 4. The fraction of sp³-hybridized carbons (Fsp3) is 0.191. The van der Waals surface area contributed by atoms with Crippen LogP contribution in [0.1, 0.15) is 93.6 Å². The highest BCUT2D eigenvalue weighted by Gasteiger charge is 2.31. The van der Waals surface area contributed by atoms with Gasteiger partial charge in [-0.2, -0.15) is 0 Å². The molecule has 0 unspecified atom stereocenters. The first kappa shape index (κ1) is 38.0. The van der Waals surface area contributed by atoms with Gasteiger partial charge in [-0.1, -0.05) is 97.1 Å². The molecule has 59 heavy (non-hydrogen) atoms. The van der Waals surface area contributed by atoms with Crippen LogP contribution in [0, 0.1) is 13.8 Å². The minimum Gasteiger partial charge on any atom is -0.447 e. The maximum atomic E-state index is 13.2. The van der Waals surface area contributed by atoms with Crippen LogP contribution < -0.4 is 21.7 Å². The Morgan fingerprint density at radius 2 is 0.847 bits per heavy atom. The first-order valence-electron chi connectivity index (χ1n) is 19.5. The summed E-state index contributed by atoms with van der Waals surface area (Å²) in [5, 5.41) is 0. The van der Waals surface area contributed by atoms with Gasteiger partial charge in [-0.25, -0.2) is 20.4 Å². The zero-order chi connectivity index (χ0) is 40.6. The highest BCUT2D eigenvalue weighted by atomic mass is 32.1. The fourth-order valence-electron chi connectivity index (χ4n) is 8.73. The van der Waals surface area contributed by atoms with Gasteiger partial charge < -0.3 is 9.47 Å². The molecule has 0 bridgehead atoms. The molecular formula is C47H40N4O6S2. The quantitative estimate of drug-likeness (QED) is 0.113. The molecule has 4 N–H and O–H groups in total. The van der Waals surface area contributed by atoms with Crippen LogP contribution in [0.5, 0.6) is 0 Å². The van der Waals surface area contributed by atoms with Crippen molar-refractivity contribution in [3.05, 3.63) is 162 Å². The Morgan fingerprint density at radius 3 is 1.20 bits per heavy atom. The Balaban J connectivity index is 0.803. The fourth-order valence-corrected chi connectivity index (χ4v) is 10.6. The van der Waals surface area contributed by atoms with Crippen LogP contribution in [-0.4, -0.2) is 37.2 Å². The van der Waals surface area contributed by atoms with Crippen molar-refractivity contribution in [2.75, 3.05) is 13.2 Å². The summed E-state index contributed by atoms with van der Waals surface area (Å²) >= 11 is 2.71. The molecule has 0 saturated carbocycles. The SMILES string of the molecule is Cc1sc(C(=O)NNC(=O)OCC2c3ccccc3-c3ccccc32)cc1C1=C(c2cc(C(=O)NNC(=O)OCC3c4ccccc4-c4ccccc43)sc2C)CCC1. The molecule has 4 aromatic carbocycles. The van der Waals surface area contributed by atoms with Crippen LogP contribution in [0.4, 0.5) is 9.59 Å². The summed E-state index contributed by atoms with van der Waals surface area (Å²) in [6.07, 6.45) is 1.11. The van der Waals surface area contributed by atoms with Gasteiger partial charge in [0.25, 0.3) is 11.8 Å². The van der Waals surface area contributed by atoms with Gasteiger partial charge in [0, 0.05) is 21.6 Å². The Labute approximate surface area is 349 Å². The normalized spacial score (nSPS) is 13.9. The van der Waals surface area contributed by atoms with Crippen LogP contribution in [0.25, 0.3) is 33.4 Å². The van der Waals surface area contributed by atoms with Gasteiger partial charge in [-0.3, -0.25) is 20.4 Å². The molecule has 12 heteroatoms. The van der Waals surface area contributed by atoms with Gasteiger partial charge in [0.05, 0.1) is 9.75 Å². The molecule has 0 fully saturated rings. The van der Waals surface area contributed by atoms with Crippen molar-refractivity contribution >= 4 is 57.8 Å². The van der Waals surface area contributed by atoms with E-state index >= 15 is 0 Å². The van der Waals surface area contributed by atoms with Crippen molar-refractivity contribution in [1.82, 2.24) is 21.7 Å². The highest BCUT2D eigenvalue weighted by molar-refractivity contribution is 7.14. The lowest BCUT2D eigenvalue weighted by molar-refractivity contribution is 0.0908. The second kappa shape index (κ2) is 16.0. The Hall–Kier alpha value is -6.50. The van der Waals surface area contributed by atoms with Gasteiger partial charge in [0.15, 0.2) is 0 Å². The first-order chi connectivity index (χ1) is 28.7. The van der Waals surface area contributed by atoms with Crippen molar-refractivity contribution in [1.29, 1.82) is 0 Å². The zero-order valence-electron chi connectivity index (χ0n) is 32.3. The summed E-state index contributed by atoms with van der Waals surface area (Å²) in [5.41, 5.74) is 23.0. The van der Waals surface area contributed by atoms with Crippen LogP contribution in [0.3, 0.4) is 0 Å². The number of fused-ring (bicyclic) bond motifs is 6. The molecular weight excluding hydrogens is 781 g/mol. The lowest BCUT2D eigenvalue weighted by Crippen LogP contribution is -2.42. The molecule has 2 aromatic heterocycles.